The van der Waals surface area contributed by atoms with Crippen LogP contribution in [0.3, 0.4) is 0 Å². The van der Waals surface area contributed by atoms with Crippen molar-refractivity contribution in [2.75, 3.05) is 44.2 Å². The van der Waals surface area contributed by atoms with Crippen molar-refractivity contribution >= 4 is 17.3 Å². The number of carbonyl (C=O) groups excluding carboxylic acids is 1. The second kappa shape index (κ2) is 12.0. The van der Waals surface area contributed by atoms with Crippen LogP contribution in [0, 0.1) is 0 Å². The van der Waals surface area contributed by atoms with Gasteiger partial charge in [0.2, 0.25) is 0 Å². The molecular weight excluding hydrogens is 460 g/mol. The third-order valence-electron chi connectivity index (χ3n) is 7.39. The molecular formula is C30H36N6O. The van der Waals surface area contributed by atoms with Crippen molar-refractivity contribution in [2.24, 2.45) is 0 Å². The van der Waals surface area contributed by atoms with E-state index in [0.29, 0.717) is 5.69 Å². The Labute approximate surface area is 219 Å². The van der Waals surface area contributed by atoms with Crippen LogP contribution >= 0.6 is 0 Å². The fourth-order valence-electron chi connectivity index (χ4n) is 5.31. The number of pyridine rings is 2. The molecule has 2 aromatic heterocycles. The molecule has 7 nitrogen and oxygen atoms in total. The Hall–Kier alpha value is -3.71. The van der Waals surface area contributed by atoms with Crippen LogP contribution in [0.2, 0.25) is 0 Å². The van der Waals surface area contributed by atoms with Crippen LogP contribution in [0.25, 0.3) is 5.70 Å². The molecule has 4 heterocycles. The van der Waals surface area contributed by atoms with E-state index >= 15 is 0 Å². The molecule has 1 N–H and O–H groups in total. The number of amides is 1. The highest BCUT2D eigenvalue weighted by Crippen LogP contribution is 2.23. The van der Waals surface area contributed by atoms with Crippen molar-refractivity contribution in [1.29, 1.82) is 0 Å². The zero-order valence-electron chi connectivity index (χ0n) is 21.6. The lowest BCUT2D eigenvalue weighted by molar-refractivity contribution is 0.0904. The average Bonchev–Trinajstić information content (AvgIpc) is 2.96. The Morgan fingerprint density at radius 3 is 2.32 bits per heavy atom. The predicted octanol–water partition coefficient (Wildman–Crippen LogP) is 4.05. The number of anilines is 1. The first-order valence-electron chi connectivity index (χ1n) is 13.3. The van der Waals surface area contributed by atoms with Crippen LogP contribution < -0.4 is 10.2 Å². The van der Waals surface area contributed by atoms with Crippen LogP contribution in [0.5, 0.6) is 0 Å². The standard InChI is InChI=1S/C30H36N6O/c1-2-29(36-20-18-35(19-21-36)27-10-14-31-15-11-27)25-8-9-28(32-22-25)30(37)33-26-12-16-34(17-13-26)23-24-6-4-3-5-7-24/h2-11,14-15,22,26H,12-13,16-21,23H2,1H3,(H,33,37)/b29-2+. The molecule has 3 aromatic rings. The monoisotopic (exact) mass is 496 g/mol. The van der Waals surface area contributed by atoms with Crippen molar-refractivity contribution in [3.05, 3.63) is 96.1 Å². The predicted molar refractivity (Wildman–Crippen MR) is 148 cm³/mol. The summed E-state index contributed by atoms with van der Waals surface area (Å²) in [6.07, 6.45) is 9.59. The topological polar surface area (TPSA) is 64.6 Å². The summed E-state index contributed by atoms with van der Waals surface area (Å²) in [4.78, 5) is 28.8. The van der Waals surface area contributed by atoms with Crippen molar-refractivity contribution in [3.63, 3.8) is 0 Å². The molecule has 0 spiro atoms. The van der Waals surface area contributed by atoms with Crippen LogP contribution in [0.15, 0.2) is 79.3 Å². The summed E-state index contributed by atoms with van der Waals surface area (Å²) < 4.78 is 0. The summed E-state index contributed by atoms with van der Waals surface area (Å²) in [6, 6.07) is 18.8. The molecule has 0 bridgehead atoms. The molecule has 0 aliphatic carbocycles. The number of piperazine rings is 1. The van der Waals surface area contributed by atoms with E-state index in [9.17, 15) is 4.79 Å². The number of hydrogen-bond acceptors (Lipinski definition) is 6. The van der Waals surface area contributed by atoms with Gasteiger partial charge in [-0.2, -0.15) is 0 Å². The first-order chi connectivity index (χ1) is 18.2. The van der Waals surface area contributed by atoms with E-state index in [4.69, 9.17) is 0 Å². The number of hydrogen-bond donors (Lipinski definition) is 1. The highest BCUT2D eigenvalue weighted by molar-refractivity contribution is 5.92. The van der Waals surface area contributed by atoms with Crippen LogP contribution in [-0.4, -0.2) is 71.0 Å². The zero-order chi connectivity index (χ0) is 25.5. The third kappa shape index (κ3) is 6.35. The number of carbonyl (C=O) groups is 1. The van der Waals surface area contributed by atoms with Gasteiger partial charge < -0.3 is 15.1 Å². The molecule has 192 valence electrons. The first kappa shape index (κ1) is 25.0. The molecule has 0 unspecified atom stereocenters. The highest BCUT2D eigenvalue weighted by atomic mass is 16.1. The minimum Gasteiger partial charge on any atom is -0.368 e. The molecule has 0 saturated carbocycles. The minimum absolute atomic E-state index is 0.0824. The maximum absolute atomic E-state index is 12.9. The number of benzene rings is 1. The average molecular weight is 497 g/mol. The maximum Gasteiger partial charge on any atom is 0.270 e. The normalized spacial score (nSPS) is 17.6. The van der Waals surface area contributed by atoms with Gasteiger partial charge in [-0.05, 0) is 49.6 Å². The van der Waals surface area contributed by atoms with Gasteiger partial charge in [-0.1, -0.05) is 36.4 Å². The molecule has 37 heavy (non-hydrogen) atoms. The van der Waals surface area contributed by atoms with Gasteiger partial charge in [0, 0.05) is 87.4 Å². The molecule has 5 rings (SSSR count). The fraction of sp³-hybridized carbons (Fsp3) is 0.367. The second-order valence-electron chi connectivity index (χ2n) is 9.80. The minimum atomic E-state index is -0.0824. The summed E-state index contributed by atoms with van der Waals surface area (Å²) in [6.45, 7) is 8.81. The molecule has 7 heteroatoms. The zero-order valence-corrected chi connectivity index (χ0v) is 21.6. The van der Waals surface area contributed by atoms with E-state index in [2.05, 4.69) is 85.4 Å². The number of rotatable bonds is 7. The second-order valence-corrected chi connectivity index (χ2v) is 9.80. The first-order valence-corrected chi connectivity index (χ1v) is 13.3. The van der Waals surface area contributed by atoms with Crippen LogP contribution in [-0.2, 0) is 6.54 Å². The molecule has 1 aromatic carbocycles. The quantitative estimate of drug-likeness (QED) is 0.532. The largest absolute Gasteiger partial charge is 0.368 e. The molecule has 1 amide bonds. The van der Waals surface area contributed by atoms with Crippen molar-refractivity contribution < 1.29 is 4.79 Å². The Morgan fingerprint density at radius 2 is 1.68 bits per heavy atom. The van der Waals surface area contributed by atoms with E-state index in [1.807, 2.05) is 30.7 Å². The summed E-state index contributed by atoms with van der Waals surface area (Å²) in [7, 11) is 0. The molecule has 2 aliphatic heterocycles. The van der Waals surface area contributed by atoms with Gasteiger partial charge in [0.1, 0.15) is 5.69 Å². The molecule has 0 radical (unpaired) electrons. The molecule has 0 atom stereocenters. The van der Waals surface area contributed by atoms with E-state index in [-0.39, 0.29) is 11.9 Å². The summed E-state index contributed by atoms with van der Waals surface area (Å²) >= 11 is 0. The fourth-order valence-corrected chi connectivity index (χ4v) is 5.31. The van der Waals surface area contributed by atoms with Crippen molar-refractivity contribution in [1.82, 2.24) is 25.1 Å². The Balaban J connectivity index is 1.11. The van der Waals surface area contributed by atoms with Crippen molar-refractivity contribution in [3.8, 4) is 0 Å². The Morgan fingerprint density at radius 1 is 0.946 bits per heavy atom. The number of nitrogens with one attached hydrogen (secondary N) is 1. The third-order valence-corrected chi connectivity index (χ3v) is 7.39. The number of piperidine rings is 1. The number of allylic oxidation sites excluding steroid dienone is 1. The summed E-state index contributed by atoms with van der Waals surface area (Å²) in [5, 5.41) is 3.20. The smallest absolute Gasteiger partial charge is 0.270 e. The van der Waals surface area contributed by atoms with Gasteiger partial charge in [0.25, 0.3) is 5.91 Å². The van der Waals surface area contributed by atoms with Gasteiger partial charge in [-0.15, -0.1) is 0 Å². The van der Waals surface area contributed by atoms with E-state index in [1.165, 1.54) is 16.9 Å². The highest BCUT2D eigenvalue weighted by Gasteiger charge is 2.23. The number of nitrogens with zero attached hydrogens (tertiary/aromatic N) is 5. The lowest BCUT2D eigenvalue weighted by Gasteiger charge is -2.38. The van der Waals surface area contributed by atoms with Crippen LogP contribution in [0.1, 0.15) is 41.4 Å². The number of likely N-dealkylation sites (tertiary alicyclic amines) is 1. The van der Waals surface area contributed by atoms with E-state index in [1.54, 1.807) is 0 Å². The van der Waals surface area contributed by atoms with Gasteiger partial charge in [-0.25, -0.2) is 0 Å². The van der Waals surface area contributed by atoms with E-state index < -0.39 is 0 Å². The lowest BCUT2D eigenvalue weighted by Crippen LogP contribution is -2.45. The SMILES string of the molecule is C/C=C(\c1ccc(C(=O)NC2CCN(Cc3ccccc3)CC2)nc1)N1CCN(c2ccncc2)CC1. The molecule has 2 fully saturated rings. The van der Waals surface area contributed by atoms with Gasteiger partial charge in [0.15, 0.2) is 0 Å². The van der Waals surface area contributed by atoms with Gasteiger partial charge >= 0.3 is 0 Å². The molecule has 2 saturated heterocycles. The van der Waals surface area contributed by atoms with E-state index in [0.717, 1.165) is 64.2 Å². The molecule has 2 aliphatic rings. The summed E-state index contributed by atoms with van der Waals surface area (Å²) in [5.41, 5.74) is 5.25. The summed E-state index contributed by atoms with van der Waals surface area (Å²) in [5.74, 6) is -0.0824. The Kier molecular flexibility index (Phi) is 8.11. The van der Waals surface area contributed by atoms with Crippen LogP contribution in [0.4, 0.5) is 5.69 Å². The van der Waals surface area contributed by atoms with Gasteiger partial charge in [-0.3, -0.25) is 19.7 Å². The number of aromatic nitrogens is 2. The lowest BCUT2D eigenvalue weighted by atomic mass is 10.0. The maximum atomic E-state index is 12.9. The van der Waals surface area contributed by atoms with Gasteiger partial charge in [0.05, 0.1) is 0 Å². The Bertz CT molecular complexity index is 1170. The van der Waals surface area contributed by atoms with Crippen molar-refractivity contribution in [2.45, 2.75) is 32.4 Å².